The molecule has 0 radical (unpaired) electrons. The van der Waals surface area contributed by atoms with Crippen LogP contribution in [0.2, 0.25) is 0 Å². The minimum atomic E-state index is -0.181. The van der Waals surface area contributed by atoms with Gasteiger partial charge in [0.05, 0.1) is 0 Å². The van der Waals surface area contributed by atoms with Crippen LogP contribution in [0.15, 0.2) is 0 Å². The molecule has 0 amide bonds. The Hall–Kier alpha value is 0.210. The first-order chi connectivity index (χ1) is 4.45. The van der Waals surface area contributed by atoms with Crippen molar-refractivity contribution in [2.24, 2.45) is 23.3 Å². The largest absolute Gasteiger partial charge is 0.329 e. The lowest BCUT2D eigenvalue weighted by Gasteiger charge is -2.36. The van der Waals surface area contributed by atoms with Crippen molar-refractivity contribution >= 4 is 12.4 Å². The molecule has 0 atom stereocenters. The maximum absolute atomic E-state index is 6.06. The van der Waals surface area contributed by atoms with Crippen molar-refractivity contribution in [1.29, 1.82) is 0 Å². The second-order valence-electron chi connectivity index (χ2n) is 3.63. The quantitative estimate of drug-likeness (QED) is 0.690. The van der Waals surface area contributed by atoms with E-state index in [-0.39, 0.29) is 17.9 Å². The van der Waals surface area contributed by atoms with Crippen molar-refractivity contribution < 1.29 is 0 Å². The van der Waals surface area contributed by atoms with Gasteiger partial charge in [0, 0.05) is 12.1 Å². The van der Waals surface area contributed by atoms with Crippen LogP contribution in [0.4, 0.5) is 0 Å². The molecule has 0 saturated carbocycles. The number of halogens is 1. The summed E-state index contributed by atoms with van der Waals surface area (Å²) in [5.41, 5.74) is 11.5. The highest BCUT2D eigenvalue weighted by molar-refractivity contribution is 5.85. The van der Waals surface area contributed by atoms with Crippen LogP contribution >= 0.6 is 12.4 Å². The van der Waals surface area contributed by atoms with E-state index >= 15 is 0 Å². The molecule has 0 unspecified atom stereocenters. The highest BCUT2D eigenvalue weighted by Gasteiger charge is 2.30. The minimum Gasteiger partial charge on any atom is -0.329 e. The summed E-state index contributed by atoms with van der Waals surface area (Å²) in [6.45, 7) is 9.04. The predicted octanol–water partition coefficient (Wildman–Crippen LogP) is 1.38. The zero-order valence-electron chi connectivity index (χ0n) is 7.92. The summed E-state index contributed by atoms with van der Waals surface area (Å²) < 4.78 is 0. The molecule has 0 aromatic carbocycles. The van der Waals surface area contributed by atoms with Gasteiger partial charge in [-0.2, -0.15) is 0 Å². The summed E-state index contributed by atoms with van der Waals surface area (Å²) in [6.07, 6.45) is 0. The third kappa shape index (κ3) is 2.97. The topological polar surface area (TPSA) is 52.0 Å². The molecule has 0 aliphatic carbocycles. The standard InChI is InChI=1S/C8H20N2.ClH/c1-6(2)8(10,5-9)7(3)4;/h6-7H,5,9-10H2,1-4H3;1H. The van der Waals surface area contributed by atoms with E-state index in [0.29, 0.717) is 18.4 Å². The average molecular weight is 181 g/mol. The Labute approximate surface area is 76.1 Å². The van der Waals surface area contributed by atoms with E-state index in [1.54, 1.807) is 0 Å². The average Bonchev–Trinajstić information content (AvgIpc) is 1.85. The van der Waals surface area contributed by atoms with Crippen LogP contribution in [0.3, 0.4) is 0 Å². The Morgan fingerprint density at radius 2 is 1.36 bits per heavy atom. The first kappa shape index (κ1) is 13.8. The highest BCUT2D eigenvalue weighted by atomic mass is 35.5. The summed E-state index contributed by atoms with van der Waals surface area (Å²) in [6, 6.07) is 0. The summed E-state index contributed by atoms with van der Waals surface area (Å²) in [4.78, 5) is 0. The summed E-state index contributed by atoms with van der Waals surface area (Å²) in [7, 11) is 0. The van der Waals surface area contributed by atoms with Crippen LogP contribution in [0.25, 0.3) is 0 Å². The van der Waals surface area contributed by atoms with Crippen molar-refractivity contribution in [1.82, 2.24) is 0 Å². The molecule has 0 aromatic heterocycles. The van der Waals surface area contributed by atoms with Gasteiger partial charge in [0.15, 0.2) is 0 Å². The second kappa shape index (κ2) is 4.96. The minimum absolute atomic E-state index is 0. The lowest BCUT2D eigenvalue weighted by molar-refractivity contribution is 0.233. The summed E-state index contributed by atoms with van der Waals surface area (Å²) in [5.74, 6) is 0.912. The van der Waals surface area contributed by atoms with Crippen LogP contribution in [-0.4, -0.2) is 12.1 Å². The van der Waals surface area contributed by atoms with Crippen molar-refractivity contribution in [2.75, 3.05) is 6.54 Å². The molecule has 4 N–H and O–H groups in total. The predicted molar refractivity (Wildman–Crippen MR) is 52.9 cm³/mol. The molecular formula is C8H21ClN2. The first-order valence-electron chi connectivity index (χ1n) is 3.94. The van der Waals surface area contributed by atoms with Gasteiger partial charge in [-0.15, -0.1) is 12.4 Å². The molecular weight excluding hydrogens is 160 g/mol. The zero-order chi connectivity index (χ0) is 8.36. The summed E-state index contributed by atoms with van der Waals surface area (Å²) >= 11 is 0. The van der Waals surface area contributed by atoms with Gasteiger partial charge >= 0.3 is 0 Å². The van der Waals surface area contributed by atoms with E-state index in [1.165, 1.54) is 0 Å². The van der Waals surface area contributed by atoms with Gasteiger partial charge in [0.25, 0.3) is 0 Å². The maximum atomic E-state index is 6.06. The van der Waals surface area contributed by atoms with Gasteiger partial charge in [-0.25, -0.2) is 0 Å². The van der Waals surface area contributed by atoms with Crippen LogP contribution in [0, 0.1) is 11.8 Å². The fourth-order valence-electron chi connectivity index (χ4n) is 1.14. The highest BCUT2D eigenvalue weighted by Crippen LogP contribution is 2.21. The van der Waals surface area contributed by atoms with Gasteiger partial charge in [0.1, 0.15) is 0 Å². The van der Waals surface area contributed by atoms with Gasteiger partial charge < -0.3 is 11.5 Å². The Morgan fingerprint density at radius 1 is 1.09 bits per heavy atom. The molecule has 0 bridgehead atoms. The maximum Gasteiger partial charge on any atom is 0.0325 e. The van der Waals surface area contributed by atoms with E-state index in [0.717, 1.165) is 0 Å². The molecule has 0 heterocycles. The fraction of sp³-hybridized carbons (Fsp3) is 1.00. The molecule has 0 rings (SSSR count). The third-order valence-corrected chi connectivity index (χ3v) is 2.50. The van der Waals surface area contributed by atoms with E-state index in [1.807, 2.05) is 0 Å². The van der Waals surface area contributed by atoms with Crippen LogP contribution in [0.5, 0.6) is 0 Å². The van der Waals surface area contributed by atoms with E-state index in [4.69, 9.17) is 11.5 Å². The molecule has 0 aliphatic heterocycles. The Morgan fingerprint density at radius 3 is 1.36 bits per heavy atom. The Bertz CT molecular complexity index is 94.3. The van der Waals surface area contributed by atoms with E-state index in [2.05, 4.69) is 27.7 Å². The molecule has 3 heteroatoms. The van der Waals surface area contributed by atoms with Crippen molar-refractivity contribution in [3.8, 4) is 0 Å². The number of hydrogen-bond acceptors (Lipinski definition) is 2. The van der Waals surface area contributed by atoms with Crippen LogP contribution in [0.1, 0.15) is 27.7 Å². The van der Waals surface area contributed by atoms with Crippen molar-refractivity contribution in [3.05, 3.63) is 0 Å². The van der Waals surface area contributed by atoms with Gasteiger partial charge in [-0.1, -0.05) is 27.7 Å². The fourth-order valence-corrected chi connectivity index (χ4v) is 1.14. The smallest absolute Gasteiger partial charge is 0.0325 e. The van der Waals surface area contributed by atoms with Crippen molar-refractivity contribution in [3.63, 3.8) is 0 Å². The molecule has 0 spiro atoms. The van der Waals surface area contributed by atoms with Gasteiger partial charge in [0.2, 0.25) is 0 Å². The molecule has 0 aliphatic rings. The number of nitrogens with two attached hydrogens (primary N) is 2. The van der Waals surface area contributed by atoms with E-state index in [9.17, 15) is 0 Å². The normalized spacial score (nSPS) is 12.0. The lowest BCUT2D eigenvalue weighted by atomic mass is 9.78. The Kier molecular flexibility index (Phi) is 6.22. The third-order valence-electron chi connectivity index (χ3n) is 2.50. The SMILES string of the molecule is CC(C)C(N)(CN)C(C)C.Cl. The molecule has 0 fully saturated rings. The van der Waals surface area contributed by atoms with Crippen LogP contribution in [-0.2, 0) is 0 Å². The van der Waals surface area contributed by atoms with Gasteiger partial charge in [-0.05, 0) is 11.8 Å². The lowest BCUT2D eigenvalue weighted by Crippen LogP contribution is -2.55. The number of rotatable bonds is 3. The monoisotopic (exact) mass is 180 g/mol. The molecule has 2 nitrogen and oxygen atoms in total. The van der Waals surface area contributed by atoms with Gasteiger partial charge in [-0.3, -0.25) is 0 Å². The van der Waals surface area contributed by atoms with Crippen LogP contribution < -0.4 is 11.5 Å². The zero-order valence-corrected chi connectivity index (χ0v) is 8.74. The molecule has 0 saturated heterocycles. The summed E-state index contributed by atoms with van der Waals surface area (Å²) in [5, 5.41) is 0. The first-order valence-corrected chi connectivity index (χ1v) is 3.94. The molecule has 11 heavy (non-hydrogen) atoms. The molecule has 70 valence electrons. The van der Waals surface area contributed by atoms with E-state index < -0.39 is 0 Å². The second-order valence-corrected chi connectivity index (χ2v) is 3.63. The Balaban J connectivity index is 0. The van der Waals surface area contributed by atoms with Crippen molar-refractivity contribution in [2.45, 2.75) is 33.2 Å². The molecule has 0 aromatic rings. The number of hydrogen-bond donors (Lipinski definition) is 2.